The van der Waals surface area contributed by atoms with Gasteiger partial charge in [-0.15, -0.1) is 0 Å². The maximum Gasteiger partial charge on any atom is 0.191 e. The van der Waals surface area contributed by atoms with Crippen LogP contribution < -0.4 is 15.4 Å². The van der Waals surface area contributed by atoms with Gasteiger partial charge in [0.25, 0.3) is 0 Å². The van der Waals surface area contributed by atoms with E-state index in [1.165, 1.54) is 11.1 Å². The van der Waals surface area contributed by atoms with Crippen LogP contribution in [0.25, 0.3) is 0 Å². The summed E-state index contributed by atoms with van der Waals surface area (Å²) in [5.41, 5.74) is 2.34. The highest BCUT2D eigenvalue weighted by Gasteiger charge is 2.14. The zero-order valence-corrected chi connectivity index (χ0v) is 14.5. The molecule has 2 rings (SSSR count). The fourth-order valence-corrected chi connectivity index (χ4v) is 2.67. The highest BCUT2D eigenvalue weighted by Crippen LogP contribution is 2.21. The van der Waals surface area contributed by atoms with Crippen LogP contribution in [0, 0.1) is 13.8 Å². The summed E-state index contributed by atoms with van der Waals surface area (Å²) in [6, 6.07) is 6.20. The minimum absolute atomic E-state index is 0.274. The zero-order valence-electron chi connectivity index (χ0n) is 14.5. The van der Waals surface area contributed by atoms with Crippen molar-refractivity contribution in [2.75, 3.05) is 32.8 Å². The molecule has 128 valence electrons. The Kier molecular flexibility index (Phi) is 7.20. The summed E-state index contributed by atoms with van der Waals surface area (Å²) in [5.74, 6) is 1.81. The lowest BCUT2D eigenvalue weighted by molar-refractivity contribution is 0.117. The minimum atomic E-state index is 0.274. The van der Waals surface area contributed by atoms with Crippen LogP contribution in [0.5, 0.6) is 5.75 Å². The summed E-state index contributed by atoms with van der Waals surface area (Å²) >= 11 is 0. The van der Waals surface area contributed by atoms with Crippen molar-refractivity contribution in [1.29, 1.82) is 0 Å². The lowest BCUT2D eigenvalue weighted by atomic mass is 10.1. The molecular formula is C18H29N3O2. The van der Waals surface area contributed by atoms with Gasteiger partial charge in [0.15, 0.2) is 5.96 Å². The maximum atomic E-state index is 5.90. The normalized spacial score (nSPS) is 18.0. The summed E-state index contributed by atoms with van der Waals surface area (Å²) in [5, 5.41) is 6.57. The SMILES string of the molecule is CCNC(=NCC1CCCO1)NCCOc1c(C)cccc1C. The molecule has 0 amide bonds. The molecule has 1 unspecified atom stereocenters. The van der Waals surface area contributed by atoms with Crippen molar-refractivity contribution in [3.8, 4) is 5.75 Å². The van der Waals surface area contributed by atoms with Gasteiger partial charge in [-0.25, -0.2) is 0 Å². The van der Waals surface area contributed by atoms with E-state index in [-0.39, 0.29) is 6.10 Å². The van der Waals surface area contributed by atoms with Gasteiger partial charge in [0.1, 0.15) is 12.4 Å². The fourth-order valence-electron chi connectivity index (χ4n) is 2.67. The Morgan fingerprint density at radius 2 is 2.09 bits per heavy atom. The molecule has 5 nitrogen and oxygen atoms in total. The first kappa shape index (κ1) is 17.6. The molecular weight excluding hydrogens is 290 g/mol. The number of hydrogen-bond donors (Lipinski definition) is 2. The van der Waals surface area contributed by atoms with Crippen LogP contribution in [-0.2, 0) is 4.74 Å². The van der Waals surface area contributed by atoms with Crippen LogP contribution in [0.15, 0.2) is 23.2 Å². The molecule has 0 aromatic heterocycles. The second-order valence-electron chi connectivity index (χ2n) is 5.85. The van der Waals surface area contributed by atoms with Gasteiger partial charge in [-0.05, 0) is 44.7 Å². The summed E-state index contributed by atoms with van der Waals surface area (Å²) in [6.07, 6.45) is 2.53. The molecule has 1 aromatic rings. The quantitative estimate of drug-likeness (QED) is 0.460. The Labute approximate surface area is 139 Å². The Bertz CT molecular complexity index is 491. The highest BCUT2D eigenvalue weighted by atomic mass is 16.5. The number of nitrogens with zero attached hydrogens (tertiary/aromatic N) is 1. The fraction of sp³-hybridized carbons (Fsp3) is 0.611. The largest absolute Gasteiger partial charge is 0.491 e. The minimum Gasteiger partial charge on any atom is -0.491 e. The van der Waals surface area contributed by atoms with Gasteiger partial charge in [-0.2, -0.15) is 0 Å². The second-order valence-corrected chi connectivity index (χ2v) is 5.85. The third-order valence-electron chi connectivity index (χ3n) is 3.87. The summed E-state index contributed by atoms with van der Waals surface area (Å²) in [6.45, 7) is 9.96. The Morgan fingerprint density at radius 1 is 1.30 bits per heavy atom. The monoisotopic (exact) mass is 319 g/mol. The van der Waals surface area contributed by atoms with Crippen molar-refractivity contribution < 1.29 is 9.47 Å². The first-order valence-corrected chi connectivity index (χ1v) is 8.53. The predicted molar refractivity (Wildman–Crippen MR) is 94.4 cm³/mol. The number of rotatable bonds is 7. The first-order valence-electron chi connectivity index (χ1n) is 8.53. The average Bonchev–Trinajstić information content (AvgIpc) is 3.04. The molecule has 5 heteroatoms. The van der Waals surface area contributed by atoms with Gasteiger partial charge >= 0.3 is 0 Å². The first-order chi connectivity index (χ1) is 11.2. The summed E-state index contributed by atoms with van der Waals surface area (Å²) < 4.78 is 11.5. The van der Waals surface area contributed by atoms with Gasteiger partial charge in [-0.1, -0.05) is 18.2 Å². The molecule has 23 heavy (non-hydrogen) atoms. The zero-order chi connectivity index (χ0) is 16.5. The van der Waals surface area contributed by atoms with E-state index < -0.39 is 0 Å². The van der Waals surface area contributed by atoms with Crippen molar-refractivity contribution in [2.45, 2.75) is 39.7 Å². The van der Waals surface area contributed by atoms with E-state index in [0.717, 1.165) is 37.7 Å². The Morgan fingerprint density at radius 3 is 2.74 bits per heavy atom. The lowest BCUT2D eigenvalue weighted by Crippen LogP contribution is -2.39. The van der Waals surface area contributed by atoms with Gasteiger partial charge in [0, 0.05) is 13.2 Å². The van der Waals surface area contributed by atoms with Crippen LogP contribution in [0.2, 0.25) is 0 Å². The number of benzene rings is 1. The van der Waals surface area contributed by atoms with E-state index in [9.17, 15) is 0 Å². The Hall–Kier alpha value is -1.75. The maximum absolute atomic E-state index is 5.90. The lowest BCUT2D eigenvalue weighted by Gasteiger charge is -2.15. The molecule has 1 aliphatic heterocycles. The van der Waals surface area contributed by atoms with Crippen LogP contribution in [0.3, 0.4) is 0 Å². The van der Waals surface area contributed by atoms with Crippen molar-refractivity contribution in [3.63, 3.8) is 0 Å². The van der Waals surface area contributed by atoms with Crippen molar-refractivity contribution in [1.82, 2.24) is 10.6 Å². The number of nitrogens with one attached hydrogen (secondary N) is 2. The predicted octanol–water partition coefficient (Wildman–Crippen LogP) is 2.42. The van der Waals surface area contributed by atoms with E-state index in [2.05, 4.69) is 54.6 Å². The van der Waals surface area contributed by atoms with Crippen LogP contribution in [0.1, 0.15) is 30.9 Å². The Balaban J connectivity index is 1.76. The van der Waals surface area contributed by atoms with E-state index in [1.807, 2.05) is 0 Å². The van der Waals surface area contributed by atoms with E-state index in [0.29, 0.717) is 19.7 Å². The molecule has 1 aromatic carbocycles. The molecule has 0 radical (unpaired) electrons. The van der Waals surface area contributed by atoms with Crippen molar-refractivity contribution >= 4 is 5.96 Å². The molecule has 1 saturated heterocycles. The summed E-state index contributed by atoms with van der Waals surface area (Å²) in [7, 11) is 0. The number of aliphatic imine (C=N–C) groups is 1. The molecule has 1 heterocycles. The second kappa shape index (κ2) is 9.40. The third-order valence-corrected chi connectivity index (χ3v) is 3.87. The molecule has 2 N–H and O–H groups in total. The third kappa shape index (κ3) is 5.75. The molecule has 0 saturated carbocycles. The topological polar surface area (TPSA) is 54.9 Å². The molecule has 0 spiro atoms. The number of guanidine groups is 1. The molecule has 1 fully saturated rings. The van der Waals surface area contributed by atoms with E-state index >= 15 is 0 Å². The van der Waals surface area contributed by atoms with E-state index in [4.69, 9.17) is 9.47 Å². The van der Waals surface area contributed by atoms with Crippen molar-refractivity contribution in [2.24, 2.45) is 4.99 Å². The number of hydrogen-bond acceptors (Lipinski definition) is 3. The smallest absolute Gasteiger partial charge is 0.191 e. The van der Waals surface area contributed by atoms with Crippen LogP contribution in [0.4, 0.5) is 0 Å². The van der Waals surface area contributed by atoms with Gasteiger partial charge < -0.3 is 20.1 Å². The number of aryl methyl sites for hydroxylation is 2. The van der Waals surface area contributed by atoms with Crippen LogP contribution in [-0.4, -0.2) is 44.9 Å². The number of para-hydroxylation sites is 1. The van der Waals surface area contributed by atoms with Gasteiger partial charge in [0.05, 0.1) is 19.2 Å². The highest BCUT2D eigenvalue weighted by molar-refractivity contribution is 5.79. The molecule has 0 aliphatic carbocycles. The van der Waals surface area contributed by atoms with Crippen molar-refractivity contribution in [3.05, 3.63) is 29.3 Å². The van der Waals surface area contributed by atoms with E-state index in [1.54, 1.807) is 0 Å². The summed E-state index contributed by atoms with van der Waals surface area (Å²) in [4.78, 5) is 4.59. The van der Waals surface area contributed by atoms with Gasteiger partial charge in [-0.3, -0.25) is 4.99 Å². The standard InChI is InChI=1S/C18H29N3O2/c1-4-19-18(21-13-16-9-6-11-22-16)20-10-12-23-17-14(2)7-5-8-15(17)3/h5,7-8,16H,4,6,9-13H2,1-3H3,(H2,19,20,21). The average molecular weight is 319 g/mol. The molecule has 0 bridgehead atoms. The van der Waals surface area contributed by atoms with Gasteiger partial charge in [0.2, 0.25) is 0 Å². The number of ether oxygens (including phenoxy) is 2. The molecule has 1 atom stereocenters. The molecule has 1 aliphatic rings. The van der Waals surface area contributed by atoms with Crippen LogP contribution >= 0.6 is 0 Å².